The van der Waals surface area contributed by atoms with E-state index in [0.29, 0.717) is 35.4 Å². The number of carbonyl (C=O) groups is 1. The number of nitrogens with one attached hydrogen (secondary N) is 1. The number of aromatic nitrogens is 4. The Morgan fingerprint density at radius 1 is 1.15 bits per heavy atom. The van der Waals surface area contributed by atoms with Crippen molar-refractivity contribution in [2.24, 2.45) is 5.92 Å². The number of rotatable bonds is 4. The predicted molar refractivity (Wildman–Crippen MR) is 120 cm³/mol. The normalized spacial score (nSPS) is 16.3. The van der Waals surface area contributed by atoms with Crippen LogP contribution in [-0.4, -0.2) is 44.1 Å². The van der Waals surface area contributed by atoms with Gasteiger partial charge in [-0.25, -0.2) is 18.7 Å². The quantitative estimate of drug-likeness (QED) is 0.412. The molecule has 33 heavy (non-hydrogen) atoms. The lowest BCUT2D eigenvalue weighted by atomic mass is 9.98. The van der Waals surface area contributed by atoms with Gasteiger partial charge in [0.1, 0.15) is 17.3 Å². The smallest absolute Gasteiger partial charge is 0.308 e. The lowest BCUT2D eigenvalue weighted by Crippen LogP contribution is -2.38. The average molecular weight is 470 g/mol. The van der Waals surface area contributed by atoms with Crippen LogP contribution in [0.4, 0.5) is 14.5 Å². The largest absolute Gasteiger partial charge is 0.481 e. The maximum absolute atomic E-state index is 14.5. The number of anilines is 1. The fourth-order valence-electron chi connectivity index (χ4n) is 4.12. The van der Waals surface area contributed by atoms with Crippen LogP contribution >= 0.6 is 11.6 Å². The monoisotopic (exact) mass is 469 g/mol. The Kier molecular flexibility index (Phi) is 5.41. The molecule has 2 N–H and O–H groups in total. The van der Waals surface area contributed by atoms with E-state index in [1.807, 2.05) is 11.0 Å². The first-order chi connectivity index (χ1) is 15.9. The van der Waals surface area contributed by atoms with Crippen molar-refractivity contribution in [3.05, 3.63) is 59.5 Å². The highest BCUT2D eigenvalue weighted by atomic mass is 35.5. The Labute approximate surface area is 192 Å². The Hall–Kier alpha value is -3.59. The summed E-state index contributed by atoms with van der Waals surface area (Å²) in [6, 6.07) is 7.30. The minimum absolute atomic E-state index is 0.0550. The van der Waals surface area contributed by atoms with Gasteiger partial charge in [-0.05, 0) is 37.1 Å². The molecule has 0 spiro atoms. The second-order valence-corrected chi connectivity index (χ2v) is 8.33. The summed E-state index contributed by atoms with van der Waals surface area (Å²) in [5, 5.41) is 9.16. The molecule has 0 bridgehead atoms. The molecule has 3 aromatic heterocycles. The lowest BCUT2D eigenvalue weighted by Gasteiger charge is -2.32. The highest BCUT2D eigenvalue weighted by Gasteiger charge is 2.26. The molecule has 1 aliphatic heterocycles. The average Bonchev–Trinajstić information content (AvgIpc) is 3.30. The second kappa shape index (κ2) is 8.40. The zero-order valence-corrected chi connectivity index (χ0v) is 18.0. The van der Waals surface area contributed by atoms with Crippen LogP contribution in [0.2, 0.25) is 5.02 Å². The predicted octanol–water partition coefficient (Wildman–Crippen LogP) is 4.92. The molecule has 0 aliphatic carbocycles. The van der Waals surface area contributed by atoms with E-state index in [0.717, 1.165) is 24.7 Å². The number of benzene rings is 1. The summed E-state index contributed by atoms with van der Waals surface area (Å²) in [7, 11) is 0. The Morgan fingerprint density at radius 3 is 2.82 bits per heavy atom. The molecular weight excluding hydrogens is 452 g/mol. The van der Waals surface area contributed by atoms with E-state index in [-0.39, 0.29) is 16.3 Å². The number of carboxylic acid groups (broad SMARTS) is 1. The van der Waals surface area contributed by atoms with Crippen molar-refractivity contribution in [2.75, 3.05) is 18.0 Å². The zero-order valence-electron chi connectivity index (χ0n) is 17.2. The molecule has 168 valence electrons. The number of H-pyrrole nitrogens is 1. The van der Waals surface area contributed by atoms with Crippen LogP contribution in [0.25, 0.3) is 33.7 Å². The van der Waals surface area contributed by atoms with Crippen LogP contribution in [-0.2, 0) is 4.79 Å². The molecule has 1 fully saturated rings. The third kappa shape index (κ3) is 4.00. The summed E-state index contributed by atoms with van der Waals surface area (Å²) in [5.41, 5.74) is 3.31. The summed E-state index contributed by atoms with van der Waals surface area (Å²) in [5.74, 6) is -2.85. The molecule has 0 radical (unpaired) electrons. The second-order valence-electron chi connectivity index (χ2n) is 7.92. The van der Waals surface area contributed by atoms with Crippen LogP contribution in [0.1, 0.15) is 12.8 Å². The molecule has 1 aliphatic rings. The molecule has 4 heterocycles. The number of fused-ring (bicyclic) bond motifs is 1. The molecule has 5 rings (SSSR count). The van der Waals surface area contributed by atoms with Gasteiger partial charge < -0.3 is 15.0 Å². The summed E-state index contributed by atoms with van der Waals surface area (Å²) in [6.45, 7) is 1.16. The number of aromatic amines is 1. The lowest BCUT2D eigenvalue weighted by molar-refractivity contribution is -0.141. The number of aliphatic carboxylic acids is 1. The van der Waals surface area contributed by atoms with E-state index < -0.39 is 23.5 Å². The van der Waals surface area contributed by atoms with Crippen LogP contribution < -0.4 is 4.90 Å². The maximum atomic E-state index is 14.5. The Morgan fingerprint density at radius 2 is 2.00 bits per heavy atom. The minimum Gasteiger partial charge on any atom is -0.481 e. The summed E-state index contributed by atoms with van der Waals surface area (Å²) >= 11 is 5.86. The Bertz CT molecular complexity index is 1380. The van der Waals surface area contributed by atoms with Crippen LogP contribution in [0.3, 0.4) is 0 Å². The SMILES string of the molecule is O=C(O)[C@@H]1CCCN(c2cnc3ccc(-c4[nH]cnc4-c4cc(Cl)c(F)cc4F)nc3c2)C1. The zero-order chi connectivity index (χ0) is 23.1. The van der Waals surface area contributed by atoms with Gasteiger partial charge in [-0.1, -0.05) is 11.6 Å². The van der Waals surface area contributed by atoms with Crippen LogP contribution in [0.15, 0.2) is 42.9 Å². The first kappa shape index (κ1) is 21.3. The molecule has 1 saturated heterocycles. The van der Waals surface area contributed by atoms with Crippen molar-refractivity contribution in [3.63, 3.8) is 0 Å². The van der Waals surface area contributed by atoms with E-state index in [1.165, 1.54) is 12.4 Å². The van der Waals surface area contributed by atoms with Crippen molar-refractivity contribution < 1.29 is 18.7 Å². The van der Waals surface area contributed by atoms with Gasteiger partial charge in [0, 0.05) is 24.7 Å². The number of hydrogen-bond acceptors (Lipinski definition) is 5. The fourth-order valence-corrected chi connectivity index (χ4v) is 4.28. The van der Waals surface area contributed by atoms with Gasteiger partial charge in [0.2, 0.25) is 0 Å². The standard InChI is InChI=1S/C23H18ClF2N5O2/c24-15-7-14(16(25)8-17(15)26)21-22(29-11-28-21)19-4-3-18-20(30-19)6-13(9-27-18)31-5-1-2-12(10-31)23(32)33/h3-4,6-9,11-12H,1-2,5,10H2,(H,28,29)(H,32,33)/t12-/m1/s1. The molecule has 10 heteroatoms. The number of hydrogen-bond donors (Lipinski definition) is 2. The maximum Gasteiger partial charge on any atom is 0.308 e. The van der Waals surface area contributed by atoms with Gasteiger partial charge in [-0.2, -0.15) is 0 Å². The van der Waals surface area contributed by atoms with Crippen LogP contribution in [0, 0.1) is 17.6 Å². The summed E-state index contributed by atoms with van der Waals surface area (Å²) in [6.07, 6.45) is 4.56. The molecule has 7 nitrogen and oxygen atoms in total. The van der Waals surface area contributed by atoms with Crippen molar-refractivity contribution in [1.29, 1.82) is 0 Å². The third-order valence-electron chi connectivity index (χ3n) is 5.82. The van der Waals surface area contributed by atoms with Crippen molar-refractivity contribution >= 4 is 34.3 Å². The van der Waals surface area contributed by atoms with Crippen molar-refractivity contribution in [2.45, 2.75) is 12.8 Å². The number of halogens is 3. The first-order valence-corrected chi connectivity index (χ1v) is 10.7. The number of carboxylic acids is 1. The number of piperidine rings is 1. The first-order valence-electron chi connectivity index (χ1n) is 10.3. The number of pyridine rings is 2. The van der Waals surface area contributed by atoms with E-state index >= 15 is 0 Å². The third-order valence-corrected chi connectivity index (χ3v) is 6.11. The number of nitrogens with zero attached hydrogens (tertiary/aromatic N) is 4. The van der Waals surface area contributed by atoms with Gasteiger partial charge in [-0.15, -0.1) is 0 Å². The molecule has 1 atom stereocenters. The van der Waals surface area contributed by atoms with E-state index in [2.05, 4.69) is 19.9 Å². The summed E-state index contributed by atoms with van der Waals surface area (Å²) < 4.78 is 28.1. The molecular formula is C23H18ClF2N5O2. The topological polar surface area (TPSA) is 95.0 Å². The van der Waals surface area contributed by atoms with Gasteiger partial charge in [0.05, 0.1) is 51.6 Å². The van der Waals surface area contributed by atoms with E-state index in [1.54, 1.807) is 18.3 Å². The molecule has 4 aromatic rings. The van der Waals surface area contributed by atoms with Gasteiger partial charge >= 0.3 is 5.97 Å². The minimum atomic E-state index is -0.847. The van der Waals surface area contributed by atoms with Gasteiger partial charge in [0.25, 0.3) is 0 Å². The number of imidazole rings is 1. The van der Waals surface area contributed by atoms with E-state index in [4.69, 9.17) is 11.6 Å². The Balaban J connectivity index is 1.53. The molecule has 1 aromatic carbocycles. The highest BCUT2D eigenvalue weighted by Crippen LogP contribution is 2.33. The molecule has 0 unspecified atom stereocenters. The summed E-state index contributed by atoms with van der Waals surface area (Å²) in [4.78, 5) is 29.7. The van der Waals surface area contributed by atoms with Gasteiger partial charge in [0.15, 0.2) is 0 Å². The fraction of sp³-hybridized carbons (Fsp3) is 0.217. The van der Waals surface area contributed by atoms with E-state index in [9.17, 15) is 18.7 Å². The highest BCUT2D eigenvalue weighted by molar-refractivity contribution is 6.31. The molecule has 0 saturated carbocycles. The van der Waals surface area contributed by atoms with Crippen molar-refractivity contribution in [3.8, 4) is 22.6 Å². The van der Waals surface area contributed by atoms with Gasteiger partial charge in [-0.3, -0.25) is 9.78 Å². The van der Waals surface area contributed by atoms with Crippen LogP contribution in [0.5, 0.6) is 0 Å². The van der Waals surface area contributed by atoms with Crippen molar-refractivity contribution in [1.82, 2.24) is 19.9 Å². The molecule has 0 amide bonds.